The Labute approximate surface area is 118 Å². The summed E-state index contributed by atoms with van der Waals surface area (Å²) in [7, 11) is 0. The van der Waals surface area contributed by atoms with E-state index in [0.29, 0.717) is 28.2 Å². The molecule has 0 aromatic heterocycles. The lowest BCUT2D eigenvalue weighted by Crippen LogP contribution is -2.13. The molecule has 0 bridgehead atoms. The summed E-state index contributed by atoms with van der Waals surface area (Å²) in [6, 6.07) is 7.61. The fraction of sp³-hybridized carbons (Fsp3) is 0.533. The van der Waals surface area contributed by atoms with E-state index in [-0.39, 0.29) is 0 Å². The zero-order valence-corrected chi connectivity index (χ0v) is 12.1. The highest BCUT2D eigenvalue weighted by Gasteiger charge is 2.15. The first kappa shape index (κ1) is 14.0. The molecule has 0 saturated heterocycles. The van der Waals surface area contributed by atoms with Crippen molar-refractivity contribution in [3.63, 3.8) is 0 Å². The molecule has 0 atom stereocenters. The Morgan fingerprint density at radius 1 is 1.22 bits per heavy atom. The third-order valence-electron chi connectivity index (χ3n) is 3.38. The van der Waals surface area contributed by atoms with Crippen molar-refractivity contribution in [1.82, 2.24) is 0 Å². The quantitative estimate of drug-likeness (QED) is 0.790. The first-order chi connectivity index (χ1) is 8.75. The second kappa shape index (κ2) is 7.20. The van der Waals surface area contributed by atoms with E-state index in [1.54, 1.807) is 0 Å². The fourth-order valence-corrected chi connectivity index (χ4v) is 3.74. The van der Waals surface area contributed by atoms with Crippen LogP contribution in [0.2, 0.25) is 5.02 Å². The van der Waals surface area contributed by atoms with Gasteiger partial charge in [0.15, 0.2) is 0 Å². The van der Waals surface area contributed by atoms with E-state index in [1.807, 2.05) is 36.0 Å². The standard InChI is InChI=1S/C15H19ClOS/c16-15-9-5-4-6-12(15)10-13(17)11-18-14-7-2-1-3-8-14/h4-6,9,14H,1-3,7-8,10-11H2. The van der Waals surface area contributed by atoms with Crippen LogP contribution in [0.25, 0.3) is 0 Å². The van der Waals surface area contributed by atoms with Gasteiger partial charge in [0.25, 0.3) is 0 Å². The van der Waals surface area contributed by atoms with E-state index in [0.717, 1.165) is 5.56 Å². The number of rotatable bonds is 5. The van der Waals surface area contributed by atoms with Crippen molar-refractivity contribution in [2.45, 2.75) is 43.8 Å². The highest BCUT2D eigenvalue weighted by molar-refractivity contribution is 8.00. The van der Waals surface area contributed by atoms with Crippen LogP contribution in [0.3, 0.4) is 0 Å². The summed E-state index contributed by atoms with van der Waals surface area (Å²) in [5.41, 5.74) is 0.952. The van der Waals surface area contributed by atoms with Gasteiger partial charge in [-0.3, -0.25) is 4.79 Å². The SMILES string of the molecule is O=C(CSC1CCCCC1)Cc1ccccc1Cl. The molecule has 1 aliphatic rings. The minimum atomic E-state index is 0.290. The molecule has 1 aliphatic carbocycles. The summed E-state index contributed by atoms with van der Waals surface area (Å²) >= 11 is 7.90. The summed E-state index contributed by atoms with van der Waals surface area (Å²) in [4.78, 5) is 11.9. The minimum absolute atomic E-state index is 0.290. The summed E-state index contributed by atoms with van der Waals surface area (Å²) in [5, 5.41) is 1.41. The molecule has 0 heterocycles. The summed E-state index contributed by atoms with van der Waals surface area (Å²) < 4.78 is 0. The van der Waals surface area contributed by atoms with Gasteiger partial charge in [-0.2, -0.15) is 11.8 Å². The topological polar surface area (TPSA) is 17.1 Å². The van der Waals surface area contributed by atoms with E-state index in [2.05, 4.69) is 0 Å². The van der Waals surface area contributed by atoms with E-state index in [1.165, 1.54) is 32.1 Å². The average molecular weight is 283 g/mol. The molecular formula is C15H19ClOS. The van der Waals surface area contributed by atoms with Crippen molar-refractivity contribution in [2.75, 3.05) is 5.75 Å². The lowest BCUT2D eigenvalue weighted by atomic mass is 10.0. The molecule has 1 aromatic carbocycles. The van der Waals surface area contributed by atoms with E-state index in [4.69, 9.17) is 11.6 Å². The van der Waals surface area contributed by atoms with Gasteiger partial charge in [-0.25, -0.2) is 0 Å². The average Bonchev–Trinajstić information content (AvgIpc) is 2.40. The Balaban J connectivity index is 1.76. The van der Waals surface area contributed by atoms with Crippen LogP contribution >= 0.6 is 23.4 Å². The van der Waals surface area contributed by atoms with Crippen LogP contribution in [-0.4, -0.2) is 16.8 Å². The number of hydrogen-bond acceptors (Lipinski definition) is 2. The Morgan fingerprint density at radius 3 is 2.67 bits per heavy atom. The highest BCUT2D eigenvalue weighted by atomic mass is 35.5. The van der Waals surface area contributed by atoms with Crippen LogP contribution in [0.1, 0.15) is 37.7 Å². The van der Waals surface area contributed by atoms with Gasteiger partial charge in [0.1, 0.15) is 5.78 Å². The molecule has 1 aromatic rings. The molecule has 2 rings (SSSR count). The van der Waals surface area contributed by atoms with Crippen LogP contribution < -0.4 is 0 Å². The van der Waals surface area contributed by atoms with Gasteiger partial charge < -0.3 is 0 Å². The van der Waals surface area contributed by atoms with Crippen molar-refractivity contribution < 1.29 is 4.79 Å². The first-order valence-electron chi connectivity index (χ1n) is 6.62. The lowest BCUT2D eigenvalue weighted by Gasteiger charge is -2.20. The molecular weight excluding hydrogens is 264 g/mol. The van der Waals surface area contributed by atoms with Gasteiger partial charge in [-0.05, 0) is 24.5 Å². The number of carbonyl (C=O) groups excluding carboxylic acids is 1. The number of hydrogen-bond donors (Lipinski definition) is 0. The first-order valence-corrected chi connectivity index (χ1v) is 8.05. The van der Waals surface area contributed by atoms with Gasteiger partial charge in [0, 0.05) is 16.7 Å². The zero-order valence-electron chi connectivity index (χ0n) is 10.5. The van der Waals surface area contributed by atoms with E-state index < -0.39 is 0 Å². The normalized spacial score (nSPS) is 16.7. The van der Waals surface area contributed by atoms with E-state index >= 15 is 0 Å². The Bertz CT molecular complexity index is 399. The van der Waals surface area contributed by atoms with Gasteiger partial charge in [0.05, 0.1) is 5.75 Å². The van der Waals surface area contributed by atoms with Crippen LogP contribution in [0.5, 0.6) is 0 Å². The number of thioether (sulfide) groups is 1. The Morgan fingerprint density at radius 2 is 1.94 bits per heavy atom. The molecule has 0 amide bonds. The number of benzene rings is 1. The van der Waals surface area contributed by atoms with E-state index in [9.17, 15) is 4.79 Å². The summed E-state index contributed by atoms with van der Waals surface area (Å²) in [6.45, 7) is 0. The molecule has 98 valence electrons. The maximum absolute atomic E-state index is 11.9. The van der Waals surface area contributed by atoms with Crippen LogP contribution in [0.15, 0.2) is 24.3 Å². The third kappa shape index (κ3) is 4.33. The van der Waals surface area contributed by atoms with Crippen LogP contribution in [0, 0.1) is 0 Å². The maximum Gasteiger partial charge on any atom is 0.147 e. The fourth-order valence-electron chi connectivity index (χ4n) is 2.35. The monoisotopic (exact) mass is 282 g/mol. The smallest absolute Gasteiger partial charge is 0.147 e. The molecule has 0 aliphatic heterocycles. The second-order valence-electron chi connectivity index (χ2n) is 4.88. The molecule has 1 saturated carbocycles. The Hall–Kier alpha value is -0.470. The van der Waals surface area contributed by atoms with Gasteiger partial charge >= 0.3 is 0 Å². The molecule has 3 heteroatoms. The summed E-state index contributed by atoms with van der Waals surface area (Å²) in [5.74, 6) is 0.925. The minimum Gasteiger partial charge on any atom is -0.298 e. The predicted octanol–water partition coefficient (Wildman–Crippen LogP) is 4.52. The molecule has 18 heavy (non-hydrogen) atoms. The highest BCUT2D eigenvalue weighted by Crippen LogP contribution is 2.28. The third-order valence-corrected chi connectivity index (χ3v) is 5.18. The van der Waals surface area contributed by atoms with Crippen molar-refractivity contribution in [3.05, 3.63) is 34.9 Å². The van der Waals surface area contributed by atoms with Crippen molar-refractivity contribution in [3.8, 4) is 0 Å². The van der Waals surface area contributed by atoms with Gasteiger partial charge in [-0.1, -0.05) is 49.1 Å². The van der Waals surface area contributed by atoms with Crippen LogP contribution in [-0.2, 0) is 11.2 Å². The van der Waals surface area contributed by atoms with Gasteiger partial charge in [-0.15, -0.1) is 0 Å². The molecule has 0 spiro atoms. The van der Waals surface area contributed by atoms with Gasteiger partial charge in [0.2, 0.25) is 0 Å². The molecule has 0 radical (unpaired) electrons. The van der Waals surface area contributed by atoms with Crippen molar-refractivity contribution in [2.24, 2.45) is 0 Å². The van der Waals surface area contributed by atoms with Crippen molar-refractivity contribution in [1.29, 1.82) is 0 Å². The molecule has 0 N–H and O–H groups in total. The largest absolute Gasteiger partial charge is 0.298 e. The predicted molar refractivity (Wildman–Crippen MR) is 79.5 cm³/mol. The second-order valence-corrected chi connectivity index (χ2v) is 6.57. The number of ketones is 1. The molecule has 0 unspecified atom stereocenters. The number of halogens is 1. The molecule has 1 fully saturated rings. The Kier molecular flexibility index (Phi) is 5.58. The number of carbonyl (C=O) groups is 1. The number of Topliss-reactive ketones (excluding diaryl/α,β-unsaturated/α-hetero) is 1. The lowest BCUT2D eigenvalue weighted by molar-refractivity contribution is -0.116. The van der Waals surface area contributed by atoms with Crippen LogP contribution in [0.4, 0.5) is 0 Å². The molecule has 1 nitrogen and oxygen atoms in total. The van der Waals surface area contributed by atoms with Crippen molar-refractivity contribution >= 4 is 29.1 Å². The zero-order chi connectivity index (χ0) is 12.8. The summed E-state index contributed by atoms with van der Waals surface area (Å²) in [6.07, 6.45) is 7.06. The maximum atomic E-state index is 11.9.